The number of carbonyl (C=O) groups excluding carboxylic acids is 3. The predicted molar refractivity (Wildman–Crippen MR) is 103 cm³/mol. The summed E-state index contributed by atoms with van der Waals surface area (Å²) in [5.74, 6) is -0.745. The van der Waals surface area contributed by atoms with E-state index in [0.717, 1.165) is 12.1 Å². The number of nitrogens with zero attached hydrogens (tertiary/aromatic N) is 1. The number of amides is 3. The highest BCUT2D eigenvalue weighted by Gasteiger charge is 2.21. The maximum atomic E-state index is 12.1. The molecule has 0 aliphatic carbocycles. The lowest BCUT2D eigenvalue weighted by Gasteiger charge is -2.16. The Morgan fingerprint density at radius 2 is 1.52 bits per heavy atom. The molecule has 2 aromatic rings. The van der Waals surface area contributed by atoms with Gasteiger partial charge in [0.05, 0.1) is 6.61 Å². The van der Waals surface area contributed by atoms with E-state index in [1.54, 1.807) is 53.4 Å². The molecule has 0 unspecified atom stereocenters. The summed E-state index contributed by atoms with van der Waals surface area (Å²) in [7, 11) is 0. The quantitative estimate of drug-likeness (QED) is 0.796. The third kappa shape index (κ3) is 4.63. The van der Waals surface area contributed by atoms with Crippen LogP contribution in [0.1, 0.15) is 19.8 Å². The summed E-state index contributed by atoms with van der Waals surface area (Å²) < 4.78 is 5.33. The number of carbonyl (C=O) groups is 3. The van der Waals surface area contributed by atoms with Gasteiger partial charge in [0.25, 0.3) is 0 Å². The molecular weight excluding hydrogens is 346 g/mol. The van der Waals surface area contributed by atoms with Gasteiger partial charge >= 0.3 is 11.8 Å². The van der Waals surface area contributed by atoms with Gasteiger partial charge in [-0.1, -0.05) is 0 Å². The monoisotopic (exact) mass is 367 g/mol. The molecule has 3 rings (SSSR count). The van der Waals surface area contributed by atoms with E-state index < -0.39 is 11.8 Å². The van der Waals surface area contributed by atoms with E-state index in [0.29, 0.717) is 36.7 Å². The van der Waals surface area contributed by atoms with Gasteiger partial charge in [-0.05, 0) is 61.9 Å². The zero-order valence-electron chi connectivity index (χ0n) is 15.0. The topological polar surface area (TPSA) is 87.7 Å². The average Bonchev–Trinajstić information content (AvgIpc) is 3.10. The van der Waals surface area contributed by atoms with Crippen molar-refractivity contribution in [2.45, 2.75) is 19.8 Å². The summed E-state index contributed by atoms with van der Waals surface area (Å²) in [6.45, 7) is 3.14. The third-order valence-electron chi connectivity index (χ3n) is 4.14. The van der Waals surface area contributed by atoms with Crippen LogP contribution in [0.5, 0.6) is 5.75 Å². The summed E-state index contributed by atoms with van der Waals surface area (Å²) in [5, 5.41) is 5.08. The smallest absolute Gasteiger partial charge is 0.314 e. The van der Waals surface area contributed by atoms with Crippen LogP contribution in [-0.2, 0) is 14.4 Å². The van der Waals surface area contributed by atoms with E-state index in [1.807, 2.05) is 6.92 Å². The Morgan fingerprint density at radius 1 is 0.963 bits per heavy atom. The van der Waals surface area contributed by atoms with Crippen LogP contribution in [0.15, 0.2) is 48.5 Å². The number of hydrogen-bond donors (Lipinski definition) is 2. The molecule has 140 valence electrons. The van der Waals surface area contributed by atoms with Crippen LogP contribution in [-0.4, -0.2) is 30.9 Å². The molecule has 0 aromatic heterocycles. The van der Waals surface area contributed by atoms with Crippen molar-refractivity contribution in [3.63, 3.8) is 0 Å². The first-order chi connectivity index (χ1) is 13.1. The van der Waals surface area contributed by atoms with Gasteiger partial charge in [-0.25, -0.2) is 0 Å². The minimum atomic E-state index is -0.770. The normalized spacial score (nSPS) is 13.4. The lowest BCUT2D eigenvalue weighted by molar-refractivity contribution is -0.132. The second-order valence-corrected chi connectivity index (χ2v) is 6.06. The molecule has 1 heterocycles. The summed E-state index contributed by atoms with van der Waals surface area (Å²) in [6.07, 6.45) is 1.41. The lowest BCUT2D eigenvalue weighted by atomic mass is 10.2. The van der Waals surface area contributed by atoms with Crippen LogP contribution in [0.4, 0.5) is 17.1 Å². The molecule has 0 saturated carbocycles. The number of nitrogens with one attached hydrogen (secondary N) is 2. The molecule has 7 nitrogen and oxygen atoms in total. The Bertz CT molecular complexity index is 831. The second-order valence-electron chi connectivity index (χ2n) is 6.06. The Labute approximate surface area is 157 Å². The standard InChI is InChI=1S/C20H21N3O4/c1-2-27-17-11-7-15(8-12-17)22-20(26)19(25)21-14-5-9-16(10-6-14)23-13-3-4-18(23)24/h5-12H,2-4,13H2,1H3,(H,21,25)(H,22,26). The number of rotatable bonds is 5. The number of hydrogen-bond acceptors (Lipinski definition) is 4. The molecule has 7 heteroatoms. The molecule has 1 fully saturated rings. The SMILES string of the molecule is CCOc1ccc(NC(=O)C(=O)Nc2ccc(N3CCCC3=O)cc2)cc1. The van der Waals surface area contributed by atoms with E-state index in [2.05, 4.69) is 10.6 Å². The molecule has 0 spiro atoms. The van der Waals surface area contributed by atoms with Crippen molar-refractivity contribution >= 4 is 34.8 Å². The fourth-order valence-corrected chi connectivity index (χ4v) is 2.82. The average molecular weight is 367 g/mol. The van der Waals surface area contributed by atoms with Crippen molar-refractivity contribution in [2.24, 2.45) is 0 Å². The molecule has 3 amide bonds. The van der Waals surface area contributed by atoms with Crippen molar-refractivity contribution in [1.29, 1.82) is 0 Å². The Morgan fingerprint density at radius 3 is 2.00 bits per heavy atom. The largest absolute Gasteiger partial charge is 0.494 e. The van der Waals surface area contributed by atoms with Gasteiger partial charge in [0, 0.05) is 30.0 Å². The minimum Gasteiger partial charge on any atom is -0.494 e. The van der Waals surface area contributed by atoms with Crippen molar-refractivity contribution < 1.29 is 19.1 Å². The Hall–Kier alpha value is -3.35. The van der Waals surface area contributed by atoms with Gasteiger partial charge in [-0.15, -0.1) is 0 Å². The van der Waals surface area contributed by atoms with E-state index in [1.165, 1.54) is 0 Å². The molecule has 0 radical (unpaired) electrons. The molecular formula is C20H21N3O4. The molecule has 27 heavy (non-hydrogen) atoms. The Kier molecular flexibility index (Phi) is 5.71. The molecule has 2 N–H and O–H groups in total. The van der Waals surface area contributed by atoms with E-state index in [4.69, 9.17) is 4.74 Å². The molecule has 0 atom stereocenters. The van der Waals surface area contributed by atoms with Crippen molar-refractivity contribution in [3.05, 3.63) is 48.5 Å². The van der Waals surface area contributed by atoms with Crippen LogP contribution in [0.25, 0.3) is 0 Å². The van der Waals surface area contributed by atoms with E-state index in [9.17, 15) is 14.4 Å². The van der Waals surface area contributed by atoms with E-state index >= 15 is 0 Å². The summed E-state index contributed by atoms with van der Waals surface area (Å²) in [4.78, 5) is 37.6. The number of benzene rings is 2. The minimum absolute atomic E-state index is 0.0986. The van der Waals surface area contributed by atoms with Gasteiger partial charge in [0.2, 0.25) is 5.91 Å². The fourth-order valence-electron chi connectivity index (χ4n) is 2.82. The lowest BCUT2D eigenvalue weighted by Crippen LogP contribution is -2.29. The molecule has 2 aromatic carbocycles. The van der Waals surface area contributed by atoms with Gasteiger partial charge < -0.3 is 20.3 Å². The molecule has 1 aliphatic rings. The molecule has 0 bridgehead atoms. The van der Waals surface area contributed by atoms with Crippen LogP contribution in [0.3, 0.4) is 0 Å². The summed E-state index contributed by atoms with van der Waals surface area (Å²) >= 11 is 0. The number of ether oxygens (including phenoxy) is 1. The zero-order chi connectivity index (χ0) is 19.2. The van der Waals surface area contributed by atoms with Gasteiger partial charge in [0.15, 0.2) is 0 Å². The number of anilines is 3. The maximum Gasteiger partial charge on any atom is 0.314 e. The van der Waals surface area contributed by atoms with Crippen molar-refractivity contribution in [1.82, 2.24) is 0 Å². The van der Waals surface area contributed by atoms with Gasteiger partial charge in [0.1, 0.15) is 5.75 Å². The van der Waals surface area contributed by atoms with Crippen molar-refractivity contribution in [2.75, 3.05) is 28.7 Å². The first-order valence-corrected chi connectivity index (χ1v) is 8.82. The highest BCUT2D eigenvalue weighted by molar-refractivity contribution is 6.43. The van der Waals surface area contributed by atoms with Crippen LogP contribution in [0, 0.1) is 0 Å². The Balaban J connectivity index is 1.56. The first kappa shape index (κ1) is 18.4. The maximum absolute atomic E-state index is 12.1. The first-order valence-electron chi connectivity index (χ1n) is 8.82. The van der Waals surface area contributed by atoms with Crippen LogP contribution >= 0.6 is 0 Å². The van der Waals surface area contributed by atoms with Crippen LogP contribution in [0.2, 0.25) is 0 Å². The molecule has 1 saturated heterocycles. The second kappa shape index (κ2) is 8.35. The van der Waals surface area contributed by atoms with Gasteiger partial charge in [-0.3, -0.25) is 14.4 Å². The summed E-state index contributed by atoms with van der Waals surface area (Å²) in [6, 6.07) is 13.6. The third-order valence-corrected chi connectivity index (χ3v) is 4.14. The fraction of sp³-hybridized carbons (Fsp3) is 0.250. The zero-order valence-corrected chi connectivity index (χ0v) is 15.0. The highest BCUT2D eigenvalue weighted by atomic mass is 16.5. The van der Waals surface area contributed by atoms with Crippen LogP contribution < -0.4 is 20.3 Å². The van der Waals surface area contributed by atoms with E-state index in [-0.39, 0.29) is 5.91 Å². The molecule has 1 aliphatic heterocycles. The predicted octanol–water partition coefficient (Wildman–Crippen LogP) is 2.79. The summed E-state index contributed by atoms with van der Waals surface area (Å²) in [5.41, 5.74) is 1.77. The van der Waals surface area contributed by atoms with Crippen molar-refractivity contribution in [3.8, 4) is 5.75 Å². The van der Waals surface area contributed by atoms with Gasteiger partial charge in [-0.2, -0.15) is 0 Å². The highest BCUT2D eigenvalue weighted by Crippen LogP contribution is 2.23.